The summed E-state index contributed by atoms with van der Waals surface area (Å²) in [6, 6.07) is 0. The Morgan fingerprint density at radius 2 is 1.56 bits per heavy atom. The van der Waals surface area contributed by atoms with Crippen LogP contribution in [0.5, 0.6) is 0 Å². The summed E-state index contributed by atoms with van der Waals surface area (Å²) in [4.78, 5) is 25.7. The maximum absolute atomic E-state index is 12.2. The van der Waals surface area contributed by atoms with E-state index in [0.717, 1.165) is 37.0 Å². The molecule has 1 heterocycles. The molecular weight excluding hydrogens is 228 g/mol. The van der Waals surface area contributed by atoms with Gasteiger partial charge in [0.25, 0.3) is 0 Å². The molecule has 1 saturated heterocycles. The predicted molar refractivity (Wildman–Crippen MR) is 65.6 cm³/mol. The summed E-state index contributed by atoms with van der Waals surface area (Å²) in [6.45, 7) is 0.506. The van der Waals surface area contributed by atoms with Gasteiger partial charge in [0, 0.05) is 5.54 Å². The van der Waals surface area contributed by atoms with Crippen molar-refractivity contribution in [2.75, 3.05) is 13.1 Å². The van der Waals surface area contributed by atoms with Gasteiger partial charge in [0.1, 0.15) is 6.54 Å². The molecule has 18 heavy (non-hydrogen) atoms. The molecule has 4 saturated carbocycles. The Labute approximate surface area is 107 Å². The molecule has 0 atom stereocenters. The van der Waals surface area contributed by atoms with Crippen molar-refractivity contribution in [2.45, 2.75) is 44.1 Å². The number of hydrogen-bond acceptors (Lipinski definition) is 2. The van der Waals surface area contributed by atoms with Gasteiger partial charge in [0.2, 0.25) is 11.8 Å². The van der Waals surface area contributed by atoms with Crippen LogP contribution in [0.1, 0.15) is 38.5 Å². The van der Waals surface area contributed by atoms with Crippen LogP contribution in [-0.2, 0) is 9.59 Å². The van der Waals surface area contributed by atoms with Gasteiger partial charge < -0.3 is 10.2 Å². The number of rotatable bonds is 1. The predicted octanol–water partition coefficient (Wildman–Crippen LogP) is 0.914. The Morgan fingerprint density at radius 1 is 1.00 bits per heavy atom. The summed E-state index contributed by atoms with van der Waals surface area (Å²) < 4.78 is 0. The molecule has 5 aliphatic rings. The first-order chi connectivity index (χ1) is 8.64. The molecule has 0 unspecified atom stereocenters. The smallest absolute Gasteiger partial charge is 0.242 e. The summed E-state index contributed by atoms with van der Waals surface area (Å²) in [5.41, 5.74) is 0.0452. The lowest BCUT2D eigenvalue weighted by atomic mass is 9.52. The maximum Gasteiger partial charge on any atom is 0.242 e. The Kier molecular flexibility index (Phi) is 2.10. The number of carbonyl (C=O) groups is 2. The third-order valence-corrected chi connectivity index (χ3v) is 5.62. The Balaban J connectivity index is 1.66. The van der Waals surface area contributed by atoms with Crippen LogP contribution in [0.25, 0.3) is 0 Å². The Bertz CT molecular complexity index is 383. The lowest BCUT2D eigenvalue weighted by Gasteiger charge is -2.60. The Morgan fingerprint density at radius 3 is 2.11 bits per heavy atom. The molecule has 4 nitrogen and oxygen atoms in total. The second-order valence-corrected chi connectivity index (χ2v) is 6.90. The number of hydrogen-bond donors (Lipinski definition) is 1. The molecule has 2 amide bonds. The van der Waals surface area contributed by atoms with E-state index in [0.29, 0.717) is 6.54 Å². The van der Waals surface area contributed by atoms with Crippen molar-refractivity contribution in [1.82, 2.24) is 10.2 Å². The third kappa shape index (κ3) is 1.44. The van der Waals surface area contributed by atoms with Crippen LogP contribution >= 0.6 is 0 Å². The van der Waals surface area contributed by atoms with Gasteiger partial charge in [-0.2, -0.15) is 0 Å². The minimum Gasteiger partial charge on any atom is -0.345 e. The largest absolute Gasteiger partial charge is 0.345 e. The van der Waals surface area contributed by atoms with Crippen molar-refractivity contribution >= 4 is 11.8 Å². The van der Waals surface area contributed by atoms with Gasteiger partial charge >= 0.3 is 0 Å². The van der Waals surface area contributed by atoms with Crippen molar-refractivity contribution in [3.8, 4) is 0 Å². The SMILES string of the molecule is O=C1CN(C23CC4CC(CC(C4)C2)C3)C(=O)CN1. The highest BCUT2D eigenvalue weighted by Crippen LogP contribution is 2.57. The van der Waals surface area contributed by atoms with E-state index in [9.17, 15) is 9.59 Å². The fraction of sp³-hybridized carbons (Fsp3) is 0.857. The second-order valence-electron chi connectivity index (χ2n) is 6.90. The van der Waals surface area contributed by atoms with Crippen LogP contribution in [-0.4, -0.2) is 35.3 Å². The third-order valence-electron chi connectivity index (χ3n) is 5.62. The van der Waals surface area contributed by atoms with E-state index in [-0.39, 0.29) is 23.9 Å². The number of amides is 2. The average molecular weight is 248 g/mol. The lowest BCUT2D eigenvalue weighted by Crippen LogP contribution is -2.66. The molecule has 5 rings (SSSR count). The standard InChI is InChI=1S/C14H20N2O2/c17-12-8-16(13(18)7-15-12)14-4-9-1-10(5-14)3-11(2-9)6-14/h9-11H,1-8H2,(H,15,17). The number of nitrogens with one attached hydrogen (secondary N) is 1. The van der Waals surface area contributed by atoms with Crippen LogP contribution < -0.4 is 5.32 Å². The van der Waals surface area contributed by atoms with Crippen molar-refractivity contribution in [1.29, 1.82) is 0 Å². The lowest BCUT2D eigenvalue weighted by molar-refractivity contribution is -0.158. The fourth-order valence-corrected chi connectivity index (χ4v) is 5.39. The van der Waals surface area contributed by atoms with E-state index in [2.05, 4.69) is 5.32 Å². The van der Waals surface area contributed by atoms with Gasteiger partial charge in [-0.15, -0.1) is 0 Å². The van der Waals surface area contributed by atoms with E-state index in [1.165, 1.54) is 19.3 Å². The first-order valence-corrected chi connectivity index (χ1v) is 7.22. The van der Waals surface area contributed by atoms with E-state index >= 15 is 0 Å². The van der Waals surface area contributed by atoms with Crippen LogP contribution in [0.15, 0.2) is 0 Å². The zero-order valence-electron chi connectivity index (χ0n) is 10.7. The van der Waals surface area contributed by atoms with Crippen molar-refractivity contribution in [3.63, 3.8) is 0 Å². The second kappa shape index (κ2) is 3.49. The first-order valence-electron chi connectivity index (χ1n) is 7.22. The van der Waals surface area contributed by atoms with Gasteiger partial charge in [-0.3, -0.25) is 9.59 Å². The number of nitrogens with zero attached hydrogens (tertiary/aromatic N) is 1. The molecule has 4 heteroatoms. The highest BCUT2D eigenvalue weighted by atomic mass is 16.2. The normalized spacial score (nSPS) is 46.4. The summed E-state index contributed by atoms with van der Waals surface area (Å²) in [6.07, 6.45) is 7.56. The van der Waals surface area contributed by atoms with Crippen molar-refractivity contribution in [3.05, 3.63) is 0 Å². The molecule has 1 N–H and O–H groups in total. The first kappa shape index (κ1) is 10.8. The summed E-state index contributed by atoms with van der Waals surface area (Å²) >= 11 is 0. The van der Waals surface area contributed by atoms with Crippen LogP contribution in [0.3, 0.4) is 0 Å². The zero-order valence-corrected chi connectivity index (χ0v) is 10.7. The van der Waals surface area contributed by atoms with Crippen molar-refractivity contribution in [2.24, 2.45) is 17.8 Å². The molecule has 0 aromatic carbocycles. The molecule has 0 aromatic heterocycles. The maximum atomic E-state index is 12.2. The van der Waals surface area contributed by atoms with Crippen LogP contribution in [0.4, 0.5) is 0 Å². The molecule has 98 valence electrons. The van der Waals surface area contributed by atoms with Crippen LogP contribution in [0, 0.1) is 17.8 Å². The molecule has 5 fully saturated rings. The Hall–Kier alpha value is -1.06. The monoisotopic (exact) mass is 248 g/mol. The van der Waals surface area contributed by atoms with Gasteiger partial charge in [-0.1, -0.05) is 0 Å². The minimum absolute atomic E-state index is 0.0188. The fourth-order valence-electron chi connectivity index (χ4n) is 5.39. The van der Waals surface area contributed by atoms with Gasteiger partial charge in [-0.05, 0) is 56.3 Å². The summed E-state index contributed by atoms with van der Waals surface area (Å²) in [7, 11) is 0. The topological polar surface area (TPSA) is 49.4 Å². The van der Waals surface area contributed by atoms with Gasteiger partial charge in [-0.25, -0.2) is 0 Å². The summed E-state index contributed by atoms with van der Waals surface area (Å²) in [5.74, 6) is 2.60. The zero-order chi connectivity index (χ0) is 12.3. The number of carbonyl (C=O) groups excluding carboxylic acids is 2. The molecule has 0 spiro atoms. The van der Waals surface area contributed by atoms with E-state index < -0.39 is 0 Å². The molecule has 1 aliphatic heterocycles. The molecule has 4 bridgehead atoms. The highest BCUT2D eigenvalue weighted by molar-refractivity contribution is 5.93. The molecule has 0 aromatic rings. The molecular formula is C14H20N2O2. The molecule has 4 aliphatic carbocycles. The van der Waals surface area contributed by atoms with E-state index in [1.807, 2.05) is 4.90 Å². The van der Waals surface area contributed by atoms with Gasteiger partial charge in [0.05, 0.1) is 6.54 Å². The average Bonchev–Trinajstić information content (AvgIpc) is 2.30. The van der Waals surface area contributed by atoms with E-state index in [1.54, 1.807) is 0 Å². The van der Waals surface area contributed by atoms with Crippen LogP contribution in [0.2, 0.25) is 0 Å². The van der Waals surface area contributed by atoms with Crippen molar-refractivity contribution < 1.29 is 9.59 Å². The minimum atomic E-state index is 0.0188. The molecule has 0 radical (unpaired) electrons. The van der Waals surface area contributed by atoms with E-state index in [4.69, 9.17) is 0 Å². The number of piperazine rings is 1. The summed E-state index contributed by atoms with van der Waals surface area (Å²) in [5, 5.41) is 2.66. The quantitative estimate of drug-likeness (QED) is 0.750. The van der Waals surface area contributed by atoms with Gasteiger partial charge in [0.15, 0.2) is 0 Å². The highest BCUT2D eigenvalue weighted by Gasteiger charge is 2.55.